The molecule has 0 saturated carbocycles. The number of hydrogen-bond donors (Lipinski definition) is 2. The van der Waals surface area contributed by atoms with Crippen molar-refractivity contribution in [3.05, 3.63) is 30.1 Å². The molecule has 6 heteroatoms. The highest BCUT2D eigenvalue weighted by Gasteiger charge is 2.12. The van der Waals surface area contributed by atoms with Crippen molar-refractivity contribution in [2.45, 2.75) is 26.2 Å². The number of nitrogens with two attached hydrogens (primary N) is 1. The zero-order valence-corrected chi connectivity index (χ0v) is 12.0. The van der Waals surface area contributed by atoms with Gasteiger partial charge in [-0.1, -0.05) is 24.7 Å². The highest BCUT2D eigenvalue weighted by molar-refractivity contribution is 7.20. The molecule has 0 fully saturated rings. The summed E-state index contributed by atoms with van der Waals surface area (Å²) in [7, 11) is 0. The van der Waals surface area contributed by atoms with Gasteiger partial charge in [0.05, 0.1) is 0 Å². The molecule has 1 aromatic carbocycles. The molecular formula is C14H16FN3OS. The first kappa shape index (κ1) is 14.5. The fourth-order valence-corrected chi connectivity index (χ4v) is 2.49. The number of aromatic nitrogens is 1. The van der Waals surface area contributed by atoms with E-state index in [9.17, 15) is 9.18 Å². The number of benzene rings is 1. The van der Waals surface area contributed by atoms with Crippen LogP contribution in [-0.2, 0) is 4.79 Å². The first-order chi connectivity index (χ1) is 9.60. The van der Waals surface area contributed by atoms with Crippen LogP contribution in [0.15, 0.2) is 24.3 Å². The Balaban J connectivity index is 2.13. The third-order valence-corrected chi connectivity index (χ3v) is 3.57. The minimum absolute atomic E-state index is 0.0637. The standard InChI is InChI=1S/C14H16FN3OS/c1-2-3-4-11(19)17-14-18-12(13(16)20-14)9-5-7-10(15)8-6-9/h5-8H,2-4,16H2,1H3,(H,17,18,19). The summed E-state index contributed by atoms with van der Waals surface area (Å²) in [5.74, 6) is -0.373. The molecule has 1 heterocycles. The number of unbranched alkanes of at least 4 members (excludes halogenated alkanes) is 1. The molecule has 1 amide bonds. The monoisotopic (exact) mass is 293 g/mol. The number of rotatable bonds is 5. The van der Waals surface area contributed by atoms with Crippen LogP contribution in [0.25, 0.3) is 11.3 Å². The highest BCUT2D eigenvalue weighted by Crippen LogP contribution is 2.33. The number of amides is 1. The Kier molecular flexibility index (Phi) is 4.68. The molecule has 1 aromatic heterocycles. The summed E-state index contributed by atoms with van der Waals surface area (Å²) in [5.41, 5.74) is 7.20. The Hall–Kier alpha value is -1.95. The summed E-state index contributed by atoms with van der Waals surface area (Å²) in [6.07, 6.45) is 2.29. The van der Waals surface area contributed by atoms with E-state index in [0.717, 1.165) is 18.4 Å². The molecule has 20 heavy (non-hydrogen) atoms. The second-order valence-electron chi connectivity index (χ2n) is 4.39. The summed E-state index contributed by atoms with van der Waals surface area (Å²) in [6.45, 7) is 2.03. The Labute approximate surface area is 120 Å². The molecule has 0 radical (unpaired) electrons. The number of halogens is 1. The molecule has 0 bridgehead atoms. The molecule has 4 nitrogen and oxygen atoms in total. The maximum atomic E-state index is 12.9. The van der Waals surface area contributed by atoms with Crippen molar-refractivity contribution in [3.63, 3.8) is 0 Å². The minimum Gasteiger partial charge on any atom is -0.389 e. The zero-order valence-electron chi connectivity index (χ0n) is 11.1. The van der Waals surface area contributed by atoms with Gasteiger partial charge in [-0.3, -0.25) is 4.79 Å². The highest BCUT2D eigenvalue weighted by atomic mass is 32.1. The molecule has 0 spiro atoms. The van der Waals surface area contributed by atoms with Crippen LogP contribution in [0, 0.1) is 5.82 Å². The molecule has 2 rings (SSSR count). The fraction of sp³-hybridized carbons (Fsp3) is 0.286. The lowest BCUT2D eigenvalue weighted by atomic mass is 10.1. The molecule has 2 aromatic rings. The molecular weight excluding hydrogens is 277 g/mol. The predicted octanol–water partition coefficient (Wildman–Crippen LogP) is 3.66. The molecule has 0 unspecified atom stereocenters. The van der Waals surface area contributed by atoms with Gasteiger partial charge in [0.25, 0.3) is 0 Å². The van der Waals surface area contributed by atoms with Gasteiger partial charge in [-0.25, -0.2) is 9.37 Å². The van der Waals surface area contributed by atoms with Crippen molar-refractivity contribution >= 4 is 27.4 Å². The van der Waals surface area contributed by atoms with E-state index in [1.807, 2.05) is 6.92 Å². The van der Waals surface area contributed by atoms with Gasteiger partial charge in [-0.15, -0.1) is 0 Å². The minimum atomic E-state index is -0.310. The van der Waals surface area contributed by atoms with Crippen LogP contribution in [0.2, 0.25) is 0 Å². The Bertz CT molecular complexity index is 595. The van der Waals surface area contributed by atoms with Gasteiger partial charge in [0.2, 0.25) is 5.91 Å². The van der Waals surface area contributed by atoms with Crippen LogP contribution < -0.4 is 11.1 Å². The quantitative estimate of drug-likeness (QED) is 0.884. The van der Waals surface area contributed by atoms with Gasteiger partial charge < -0.3 is 11.1 Å². The third kappa shape index (κ3) is 3.54. The second-order valence-corrected chi connectivity index (χ2v) is 5.42. The van der Waals surface area contributed by atoms with Crippen molar-refractivity contribution < 1.29 is 9.18 Å². The lowest BCUT2D eigenvalue weighted by molar-refractivity contribution is -0.116. The van der Waals surface area contributed by atoms with E-state index in [2.05, 4.69) is 10.3 Å². The fourth-order valence-electron chi connectivity index (χ4n) is 1.72. The van der Waals surface area contributed by atoms with E-state index < -0.39 is 0 Å². The van der Waals surface area contributed by atoms with E-state index in [4.69, 9.17) is 5.73 Å². The van der Waals surface area contributed by atoms with Gasteiger partial charge in [-0.05, 0) is 30.7 Å². The second kappa shape index (κ2) is 6.47. The predicted molar refractivity (Wildman–Crippen MR) is 80.1 cm³/mol. The van der Waals surface area contributed by atoms with Crippen molar-refractivity contribution in [1.82, 2.24) is 4.98 Å². The molecule has 0 aliphatic rings. The number of nitrogens with one attached hydrogen (secondary N) is 1. The number of hydrogen-bond acceptors (Lipinski definition) is 4. The van der Waals surface area contributed by atoms with Gasteiger partial charge in [0.15, 0.2) is 5.13 Å². The summed E-state index contributed by atoms with van der Waals surface area (Å²) >= 11 is 1.22. The summed E-state index contributed by atoms with van der Waals surface area (Å²) in [6, 6.07) is 5.94. The number of thiazole rings is 1. The van der Waals surface area contributed by atoms with Crippen molar-refractivity contribution in [1.29, 1.82) is 0 Å². The third-order valence-electron chi connectivity index (χ3n) is 2.77. The normalized spacial score (nSPS) is 10.5. The number of carbonyl (C=O) groups is 1. The van der Waals surface area contributed by atoms with E-state index in [-0.39, 0.29) is 11.7 Å². The molecule has 0 saturated heterocycles. The van der Waals surface area contributed by atoms with Crippen molar-refractivity contribution in [2.75, 3.05) is 11.1 Å². The summed E-state index contributed by atoms with van der Waals surface area (Å²) in [4.78, 5) is 15.9. The topological polar surface area (TPSA) is 68.0 Å². The Morgan fingerprint density at radius 3 is 2.75 bits per heavy atom. The molecule has 3 N–H and O–H groups in total. The summed E-state index contributed by atoms with van der Waals surface area (Å²) in [5, 5.41) is 3.71. The van der Waals surface area contributed by atoms with Crippen molar-refractivity contribution in [3.8, 4) is 11.3 Å². The van der Waals surface area contributed by atoms with Gasteiger partial charge in [0, 0.05) is 12.0 Å². The first-order valence-corrected chi connectivity index (χ1v) is 7.24. The van der Waals surface area contributed by atoms with Crippen LogP contribution in [-0.4, -0.2) is 10.9 Å². The number of carbonyl (C=O) groups excluding carboxylic acids is 1. The summed E-state index contributed by atoms with van der Waals surface area (Å²) < 4.78 is 12.9. The van der Waals surface area contributed by atoms with E-state index in [1.165, 1.54) is 23.5 Å². The molecule has 0 aliphatic heterocycles. The molecule has 0 atom stereocenters. The van der Waals surface area contributed by atoms with Crippen LogP contribution in [0.5, 0.6) is 0 Å². The van der Waals surface area contributed by atoms with Gasteiger partial charge >= 0.3 is 0 Å². The van der Waals surface area contributed by atoms with E-state index in [0.29, 0.717) is 22.2 Å². The van der Waals surface area contributed by atoms with Crippen LogP contribution in [0.4, 0.5) is 14.5 Å². The van der Waals surface area contributed by atoms with Crippen LogP contribution in [0.3, 0.4) is 0 Å². The number of anilines is 2. The van der Waals surface area contributed by atoms with E-state index >= 15 is 0 Å². The maximum Gasteiger partial charge on any atom is 0.226 e. The Morgan fingerprint density at radius 2 is 2.10 bits per heavy atom. The Morgan fingerprint density at radius 1 is 1.40 bits per heavy atom. The lowest BCUT2D eigenvalue weighted by Gasteiger charge is -1.99. The number of nitrogens with zero attached hydrogens (tertiary/aromatic N) is 1. The van der Waals surface area contributed by atoms with Crippen LogP contribution in [0.1, 0.15) is 26.2 Å². The van der Waals surface area contributed by atoms with Gasteiger partial charge in [0.1, 0.15) is 16.5 Å². The number of nitrogen functional groups attached to an aromatic ring is 1. The maximum absolute atomic E-state index is 12.9. The molecule has 0 aliphatic carbocycles. The first-order valence-electron chi connectivity index (χ1n) is 6.42. The smallest absolute Gasteiger partial charge is 0.226 e. The molecule has 106 valence electrons. The van der Waals surface area contributed by atoms with Gasteiger partial charge in [-0.2, -0.15) is 0 Å². The SMILES string of the molecule is CCCCC(=O)Nc1nc(-c2ccc(F)cc2)c(N)s1. The van der Waals surface area contributed by atoms with E-state index in [1.54, 1.807) is 12.1 Å². The lowest BCUT2D eigenvalue weighted by Crippen LogP contribution is -2.10. The largest absolute Gasteiger partial charge is 0.389 e. The van der Waals surface area contributed by atoms with Crippen molar-refractivity contribution in [2.24, 2.45) is 0 Å². The average Bonchev–Trinajstić information content (AvgIpc) is 2.78. The van der Waals surface area contributed by atoms with Crippen LogP contribution >= 0.6 is 11.3 Å². The zero-order chi connectivity index (χ0) is 14.5. The average molecular weight is 293 g/mol.